The summed E-state index contributed by atoms with van der Waals surface area (Å²) in [7, 11) is 0. The fourth-order valence-corrected chi connectivity index (χ4v) is 3.57. The molecule has 1 heteroatoms. The summed E-state index contributed by atoms with van der Waals surface area (Å²) >= 11 is 0. The Bertz CT molecular complexity index is 197. The van der Waals surface area contributed by atoms with E-state index >= 15 is 0 Å². The number of hydrogen-bond donors (Lipinski definition) is 1. The zero-order valence-corrected chi connectivity index (χ0v) is 11.2. The lowest BCUT2D eigenvalue weighted by Gasteiger charge is -2.42. The maximum absolute atomic E-state index is 3.80. The Morgan fingerprint density at radius 1 is 0.938 bits per heavy atom. The summed E-state index contributed by atoms with van der Waals surface area (Å²) < 4.78 is 0. The van der Waals surface area contributed by atoms with E-state index in [1.807, 2.05) is 0 Å². The lowest BCUT2D eigenvalue weighted by molar-refractivity contribution is 0.101. The Kier molecular flexibility index (Phi) is 4.29. The Hall–Kier alpha value is -0.0400. The predicted octanol–water partition coefficient (Wildman–Crippen LogP) is 4.13. The highest BCUT2D eigenvalue weighted by molar-refractivity contribution is 4.91. The van der Waals surface area contributed by atoms with Gasteiger partial charge in [0.15, 0.2) is 0 Å². The van der Waals surface area contributed by atoms with Crippen molar-refractivity contribution in [2.75, 3.05) is 6.54 Å². The minimum Gasteiger partial charge on any atom is -0.313 e. The van der Waals surface area contributed by atoms with Gasteiger partial charge in [0.1, 0.15) is 0 Å². The third-order valence-corrected chi connectivity index (χ3v) is 5.20. The van der Waals surface area contributed by atoms with Crippen molar-refractivity contribution >= 4 is 0 Å². The molecule has 0 spiro atoms. The molecule has 0 amide bonds. The van der Waals surface area contributed by atoms with Crippen LogP contribution in [0.5, 0.6) is 0 Å². The molecule has 0 aromatic carbocycles. The fourth-order valence-electron chi connectivity index (χ4n) is 3.57. The molecule has 2 saturated carbocycles. The van der Waals surface area contributed by atoms with Gasteiger partial charge in [0.05, 0.1) is 0 Å². The van der Waals surface area contributed by atoms with E-state index in [0.717, 1.165) is 12.0 Å². The molecular formula is C15H29N. The van der Waals surface area contributed by atoms with Crippen LogP contribution in [0.2, 0.25) is 0 Å². The monoisotopic (exact) mass is 223 g/mol. The van der Waals surface area contributed by atoms with E-state index in [1.54, 1.807) is 0 Å². The largest absolute Gasteiger partial charge is 0.313 e. The van der Waals surface area contributed by atoms with E-state index in [9.17, 15) is 0 Å². The smallest absolute Gasteiger partial charge is 0.00684 e. The van der Waals surface area contributed by atoms with E-state index < -0.39 is 0 Å². The molecule has 0 heterocycles. The van der Waals surface area contributed by atoms with Crippen molar-refractivity contribution in [3.8, 4) is 0 Å². The molecule has 0 atom stereocenters. The molecule has 0 bridgehead atoms. The van der Waals surface area contributed by atoms with Crippen LogP contribution in [0.25, 0.3) is 0 Å². The molecule has 0 aliphatic heterocycles. The van der Waals surface area contributed by atoms with Crippen LogP contribution in [0.1, 0.15) is 71.6 Å². The highest BCUT2D eigenvalue weighted by Gasteiger charge is 2.37. The molecule has 1 nitrogen and oxygen atoms in total. The summed E-state index contributed by atoms with van der Waals surface area (Å²) in [5.74, 6) is 1.00. The van der Waals surface area contributed by atoms with Gasteiger partial charge in [-0.15, -0.1) is 0 Å². The zero-order valence-electron chi connectivity index (χ0n) is 11.2. The minimum absolute atomic E-state index is 0.614. The molecule has 2 rings (SSSR count). The number of nitrogens with one attached hydrogen (secondary N) is 1. The standard InChI is InChI=1S/C15H29N/c1-3-15(4-2,12-16-14-10-11-14)13-8-6-5-7-9-13/h13-14,16H,3-12H2,1-2H3. The molecule has 1 N–H and O–H groups in total. The molecule has 0 aromatic heterocycles. The quantitative estimate of drug-likeness (QED) is 0.714. The van der Waals surface area contributed by atoms with E-state index in [2.05, 4.69) is 19.2 Å². The van der Waals surface area contributed by atoms with Gasteiger partial charge in [-0.05, 0) is 49.9 Å². The van der Waals surface area contributed by atoms with Gasteiger partial charge in [0.2, 0.25) is 0 Å². The van der Waals surface area contributed by atoms with Crippen LogP contribution in [-0.4, -0.2) is 12.6 Å². The average molecular weight is 223 g/mol. The summed E-state index contributed by atoms with van der Waals surface area (Å²) in [6, 6.07) is 0.876. The average Bonchev–Trinajstić information content (AvgIpc) is 3.17. The van der Waals surface area contributed by atoms with Gasteiger partial charge in [-0.3, -0.25) is 0 Å². The van der Waals surface area contributed by atoms with Crippen LogP contribution in [0.15, 0.2) is 0 Å². The molecule has 2 fully saturated rings. The summed E-state index contributed by atoms with van der Waals surface area (Å²) in [6.07, 6.45) is 13.0. The van der Waals surface area contributed by atoms with E-state index in [0.29, 0.717) is 5.41 Å². The van der Waals surface area contributed by atoms with Crippen LogP contribution in [0.4, 0.5) is 0 Å². The number of hydrogen-bond acceptors (Lipinski definition) is 1. The van der Waals surface area contributed by atoms with E-state index in [4.69, 9.17) is 0 Å². The first kappa shape index (κ1) is 12.4. The van der Waals surface area contributed by atoms with Gasteiger partial charge in [-0.2, -0.15) is 0 Å². The molecule has 2 aliphatic rings. The molecular weight excluding hydrogens is 194 g/mol. The maximum atomic E-state index is 3.80. The van der Waals surface area contributed by atoms with E-state index in [-0.39, 0.29) is 0 Å². The number of rotatable bonds is 6. The van der Waals surface area contributed by atoms with Crippen LogP contribution >= 0.6 is 0 Å². The first-order valence-corrected chi connectivity index (χ1v) is 7.54. The van der Waals surface area contributed by atoms with Gasteiger partial charge in [-0.25, -0.2) is 0 Å². The zero-order chi connectivity index (χ0) is 11.4. The molecule has 16 heavy (non-hydrogen) atoms. The Labute approximate surface area is 101 Å². The minimum atomic E-state index is 0.614. The van der Waals surface area contributed by atoms with Crippen LogP contribution < -0.4 is 5.32 Å². The van der Waals surface area contributed by atoms with Gasteiger partial charge < -0.3 is 5.32 Å². The second kappa shape index (κ2) is 5.53. The predicted molar refractivity (Wildman–Crippen MR) is 70.6 cm³/mol. The molecule has 94 valence electrons. The summed E-state index contributed by atoms with van der Waals surface area (Å²) in [5.41, 5.74) is 0.614. The molecule has 0 unspecified atom stereocenters. The van der Waals surface area contributed by atoms with Crippen molar-refractivity contribution < 1.29 is 0 Å². The van der Waals surface area contributed by atoms with Gasteiger partial charge in [0.25, 0.3) is 0 Å². The normalized spacial score (nSPS) is 23.6. The highest BCUT2D eigenvalue weighted by Crippen LogP contribution is 2.43. The fraction of sp³-hybridized carbons (Fsp3) is 1.00. The van der Waals surface area contributed by atoms with Crippen LogP contribution in [-0.2, 0) is 0 Å². The SMILES string of the molecule is CCC(CC)(CNC1CC1)C1CCCCC1. The molecule has 0 radical (unpaired) electrons. The second-order valence-electron chi connectivity index (χ2n) is 6.06. The van der Waals surface area contributed by atoms with Crippen molar-refractivity contribution in [1.82, 2.24) is 5.32 Å². The summed E-state index contributed by atoms with van der Waals surface area (Å²) in [5, 5.41) is 3.80. The third-order valence-electron chi connectivity index (χ3n) is 5.20. The van der Waals surface area contributed by atoms with Crippen molar-refractivity contribution in [3.63, 3.8) is 0 Å². The topological polar surface area (TPSA) is 12.0 Å². The summed E-state index contributed by atoms with van der Waals surface area (Å²) in [4.78, 5) is 0. The van der Waals surface area contributed by atoms with Crippen molar-refractivity contribution in [3.05, 3.63) is 0 Å². The Morgan fingerprint density at radius 2 is 1.56 bits per heavy atom. The third kappa shape index (κ3) is 2.80. The van der Waals surface area contributed by atoms with Crippen molar-refractivity contribution in [2.24, 2.45) is 11.3 Å². The summed E-state index contributed by atoms with van der Waals surface area (Å²) in [6.45, 7) is 6.11. The van der Waals surface area contributed by atoms with Crippen molar-refractivity contribution in [2.45, 2.75) is 77.7 Å². The highest BCUT2D eigenvalue weighted by atomic mass is 15.0. The lowest BCUT2D eigenvalue weighted by atomic mass is 9.65. The second-order valence-corrected chi connectivity index (χ2v) is 6.06. The van der Waals surface area contributed by atoms with Crippen LogP contribution in [0.3, 0.4) is 0 Å². The van der Waals surface area contributed by atoms with Gasteiger partial charge in [-0.1, -0.05) is 33.1 Å². The Morgan fingerprint density at radius 3 is 2.06 bits per heavy atom. The van der Waals surface area contributed by atoms with Gasteiger partial charge in [0, 0.05) is 12.6 Å². The Balaban J connectivity index is 1.93. The molecule has 2 aliphatic carbocycles. The molecule has 0 aromatic rings. The van der Waals surface area contributed by atoms with E-state index in [1.165, 1.54) is 64.3 Å². The van der Waals surface area contributed by atoms with Crippen molar-refractivity contribution in [1.29, 1.82) is 0 Å². The van der Waals surface area contributed by atoms with Crippen LogP contribution in [0, 0.1) is 11.3 Å². The first-order chi connectivity index (χ1) is 7.80. The lowest BCUT2D eigenvalue weighted by Crippen LogP contribution is -2.41. The molecule has 0 saturated heterocycles. The van der Waals surface area contributed by atoms with Gasteiger partial charge >= 0.3 is 0 Å². The maximum Gasteiger partial charge on any atom is 0.00684 e. The first-order valence-electron chi connectivity index (χ1n) is 7.54.